The van der Waals surface area contributed by atoms with Gasteiger partial charge in [0, 0.05) is 12.6 Å². The highest BCUT2D eigenvalue weighted by Gasteiger charge is 1.97. The fourth-order valence-electron chi connectivity index (χ4n) is 1.03. The molecule has 0 saturated carbocycles. The van der Waals surface area contributed by atoms with Gasteiger partial charge < -0.3 is 9.69 Å². The average molecular weight is 204 g/mol. The molecular formula is C11H12N2O2. The molecular weight excluding hydrogens is 192 g/mol. The first kappa shape index (κ1) is 11.1. The van der Waals surface area contributed by atoms with Gasteiger partial charge in [-0.25, -0.2) is 4.99 Å². The Balaban J connectivity index is 2.79. The number of likely N-dealkylation sites (N-methyl/N-ethyl adjacent to an activating group) is 1. The molecule has 1 rings (SSSR count). The Morgan fingerprint density at radius 3 is 2.73 bits per heavy atom. The number of benzene rings is 1. The number of carbonyl (C=O) groups is 2. The number of hydrogen-bond acceptors (Lipinski definition) is 3. The van der Waals surface area contributed by atoms with Crippen molar-refractivity contribution < 1.29 is 9.59 Å². The molecule has 78 valence electrons. The van der Waals surface area contributed by atoms with Gasteiger partial charge in [0.1, 0.15) is 6.29 Å². The Kier molecular flexibility index (Phi) is 4.22. The monoisotopic (exact) mass is 204 g/mol. The van der Waals surface area contributed by atoms with Crippen LogP contribution in [0.2, 0.25) is 0 Å². The van der Waals surface area contributed by atoms with E-state index in [0.717, 1.165) is 12.6 Å². The second-order valence-electron chi connectivity index (χ2n) is 3.03. The molecule has 4 nitrogen and oxygen atoms in total. The molecule has 0 aliphatic heterocycles. The van der Waals surface area contributed by atoms with Crippen molar-refractivity contribution in [2.75, 3.05) is 13.6 Å². The van der Waals surface area contributed by atoms with E-state index < -0.39 is 0 Å². The third-order valence-electron chi connectivity index (χ3n) is 1.82. The summed E-state index contributed by atoms with van der Waals surface area (Å²) in [5.41, 5.74) is 1.14. The number of rotatable bonds is 5. The molecule has 1 aromatic rings. The van der Waals surface area contributed by atoms with Crippen molar-refractivity contribution in [3.63, 3.8) is 0 Å². The first-order valence-electron chi connectivity index (χ1n) is 4.50. The summed E-state index contributed by atoms with van der Waals surface area (Å²) in [5.74, 6) is 0. The van der Waals surface area contributed by atoms with Crippen LogP contribution in [0.1, 0.15) is 10.4 Å². The standard InChI is InChI=1S/C11H12N2O2/c1-13(6-7-14)9-12-11-5-3-2-4-10(11)8-15/h2-5,7-9H,6H2,1H3. The zero-order valence-corrected chi connectivity index (χ0v) is 8.46. The van der Waals surface area contributed by atoms with E-state index in [0.29, 0.717) is 11.3 Å². The maximum atomic E-state index is 10.7. The third-order valence-corrected chi connectivity index (χ3v) is 1.82. The number of carbonyl (C=O) groups excluding carboxylic acids is 2. The van der Waals surface area contributed by atoms with Crippen LogP contribution in [0.25, 0.3) is 0 Å². The molecule has 0 N–H and O–H groups in total. The summed E-state index contributed by atoms with van der Waals surface area (Å²) in [4.78, 5) is 26.6. The summed E-state index contributed by atoms with van der Waals surface area (Å²) in [6.07, 6.45) is 3.07. The Labute approximate surface area is 88.2 Å². The second-order valence-corrected chi connectivity index (χ2v) is 3.03. The van der Waals surface area contributed by atoms with Crippen molar-refractivity contribution in [3.05, 3.63) is 29.8 Å². The molecule has 0 aromatic heterocycles. The summed E-state index contributed by atoms with van der Waals surface area (Å²) in [6, 6.07) is 7.02. The first-order chi connectivity index (χ1) is 7.27. The highest BCUT2D eigenvalue weighted by atomic mass is 16.1. The largest absolute Gasteiger partial charge is 0.359 e. The van der Waals surface area contributed by atoms with Gasteiger partial charge in [-0.1, -0.05) is 12.1 Å². The lowest BCUT2D eigenvalue weighted by Gasteiger charge is -2.07. The maximum absolute atomic E-state index is 10.7. The van der Waals surface area contributed by atoms with Crippen LogP contribution in [0.3, 0.4) is 0 Å². The number of hydrogen-bond donors (Lipinski definition) is 0. The molecule has 0 aliphatic rings. The SMILES string of the molecule is CN(C=Nc1ccccc1C=O)CC=O. The Morgan fingerprint density at radius 2 is 2.07 bits per heavy atom. The van der Waals surface area contributed by atoms with Crippen LogP contribution in [0.15, 0.2) is 29.3 Å². The van der Waals surface area contributed by atoms with Gasteiger partial charge in [0.15, 0.2) is 6.29 Å². The van der Waals surface area contributed by atoms with Gasteiger partial charge in [0.05, 0.1) is 18.6 Å². The normalized spacial score (nSPS) is 10.2. The number of aldehydes is 2. The zero-order valence-electron chi connectivity index (χ0n) is 8.46. The van der Waals surface area contributed by atoms with Crippen LogP contribution in [0, 0.1) is 0 Å². The van der Waals surface area contributed by atoms with Crippen molar-refractivity contribution in [3.8, 4) is 0 Å². The lowest BCUT2D eigenvalue weighted by molar-refractivity contribution is -0.107. The molecule has 0 amide bonds. The highest BCUT2D eigenvalue weighted by Crippen LogP contribution is 2.15. The molecule has 0 radical (unpaired) electrons. The fourth-order valence-corrected chi connectivity index (χ4v) is 1.03. The van der Waals surface area contributed by atoms with Crippen molar-refractivity contribution in [1.29, 1.82) is 0 Å². The van der Waals surface area contributed by atoms with Crippen LogP contribution in [0.5, 0.6) is 0 Å². The minimum atomic E-state index is 0.284. The minimum Gasteiger partial charge on any atom is -0.359 e. The molecule has 4 heteroatoms. The molecule has 0 saturated heterocycles. The lowest BCUT2D eigenvalue weighted by atomic mass is 10.2. The molecule has 1 aromatic carbocycles. The van der Waals surface area contributed by atoms with Gasteiger partial charge in [0.25, 0.3) is 0 Å². The molecule has 0 heterocycles. The van der Waals surface area contributed by atoms with E-state index >= 15 is 0 Å². The smallest absolute Gasteiger partial charge is 0.152 e. The Morgan fingerprint density at radius 1 is 1.33 bits per heavy atom. The summed E-state index contributed by atoms with van der Waals surface area (Å²) < 4.78 is 0. The van der Waals surface area contributed by atoms with Crippen molar-refractivity contribution in [2.45, 2.75) is 0 Å². The van der Waals surface area contributed by atoms with E-state index in [2.05, 4.69) is 4.99 Å². The molecule has 0 aliphatic carbocycles. The van der Waals surface area contributed by atoms with Crippen LogP contribution in [-0.4, -0.2) is 37.4 Å². The van der Waals surface area contributed by atoms with Crippen LogP contribution in [0.4, 0.5) is 5.69 Å². The average Bonchev–Trinajstić information content (AvgIpc) is 2.27. The Hall–Kier alpha value is -1.97. The lowest BCUT2D eigenvalue weighted by Crippen LogP contribution is -2.17. The van der Waals surface area contributed by atoms with E-state index in [-0.39, 0.29) is 6.54 Å². The highest BCUT2D eigenvalue weighted by molar-refractivity contribution is 5.84. The van der Waals surface area contributed by atoms with Gasteiger partial charge in [0.2, 0.25) is 0 Å². The minimum absolute atomic E-state index is 0.284. The summed E-state index contributed by atoms with van der Waals surface area (Å²) in [6.45, 7) is 0.284. The first-order valence-corrected chi connectivity index (χ1v) is 4.50. The third kappa shape index (κ3) is 3.34. The van der Waals surface area contributed by atoms with Crippen molar-refractivity contribution in [1.82, 2.24) is 4.90 Å². The molecule has 0 unspecified atom stereocenters. The van der Waals surface area contributed by atoms with Gasteiger partial charge in [-0.3, -0.25) is 4.79 Å². The van der Waals surface area contributed by atoms with Crippen LogP contribution < -0.4 is 0 Å². The van der Waals surface area contributed by atoms with E-state index in [1.54, 1.807) is 36.2 Å². The van der Waals surface area contributed by atoms with Gasteiger partial charge in [-0.2, -0.15) is 0 Å². The van der Waals surface area contributed by atoms with Gasteiger partial charge in [-0.15, -0.1) is 0 Å². The fraction of sp³-hybridized carbons (Fsp3) is 0.182. The summed E-state index contributed by atoms with van der Waals surface area (Å²) >= 11 is 0. The molecule has 0 bridgehead atoms. The predicted molar refractivity (Wildman–Crippen MR) is 58.7 cm³/mol. The summed E-state index contributed by atoms with van der Waals surface area (Å²) in [5, 5.41) is 0. The topological polar surface area (TPSA) is 49.7 Å². The quantitative estimate of drug-likeness (QED) is 0.412. The molecule has 15 heavy (non-hydrogen) atoms. The van der Waals surface area contributed by atoms with Gasteiger partial charge >= 0.3 is 0 Å². The summed E-state index contributed by atoms with van der Waals surface area (Å²) in [7, 11) is 1.74. The Bertz CT molecular complexity index is 375. The molecule has 0 fully saturated rings. The zero-order chi connectivity index (χ0) is 11.1. The number of nitrogens with zero attached hydrogens (tertiary/aromatic N) is 2. The van der Waals surface area contributed by atoms with Crippen LogP contribution in [-0.2, 0) is 4.79 Å². The van der Waals surface area contributed by atoms with Crippen LogP contribution >= 0.6 is 0 Å². The van der Waals surface area contributed by atoms with E-state index in [9.17, 15) is 9.59 Å². The van der Waals surface area contributed by atoms with Crippen molar-refractivity contribution >= 4 is 24.6 Å². The number of aliphatic imine (C=N–C) groups is 1. The maximum Gasteiger partial charge on any atom is 0.152 e. The van der Waals surface area contributed by atoms with E-state index in [1.165, 1.54) is 6.34 Å². The number of para-hydroxylation sites is 1. The van der Waals surface area contributed by atoms with E-state index in [1.807, 2.05) is 0 Å². The molecule has 0 atom stereocenters. The van der Waals surface area contributed by atoms with Gasteiger partial charge in [-0.05, 0) is 12.1 Å². The predicted octanol–water partition coefficient (Wildman–Crippen LogP) is 1.29. The second kappa shape index (κ2) is 5.70. The van der Waals surface area contributed by atoms with Crippen molar-refractivity contribution in [2.24, 2.45) is 4.99 Å². The van der Waals surface area contributed by atoms with E-state index in [4.69, 9.17) is 0 Å². The molecule has 0 spiro atoms.